The summed E-state index contributed by atoms with van der Waals surface area (Å²) in [6.45, 7) is 5.27. The first kappa shape index (κ1) is 9.53. The van der Waals surface area contributed by atoms with Crippen LogP contribution in [-0.4, -0.2) is 12.2 Å². The molecule has 0 rings (SSSR count). The van der Waals surface area contributed by atoms with E-state index in [0.29, 0.717) is 0 Å². The van der Waals surface area contributed by atoms with Crippen LogP contribution in [0.25, 0.3) is 0 Å². The van der Waals surface area contributed by atoms with Crippen LogP contribution in [0.4, 0.5) is 8.78 Å². The number of hydrogen-bond donors (Lipinski definition) is 0. The van der Waals surface area contributed by atoms with E-state index in [1.807, 2.05) is 0 Å². The Bertz CT molecular complexity index is 124. The zero-order valence-electron chi connectivity index (χ0n) is 6.45. The van der Waals surface area contributed by atoms with Crippen LogP contribution in [-0.2, 0) is 4.79 Å². The van der Waals surface area contributed by atoms with Gasteiger partial charge in [-0.15, -0.1) is 0 Å². The first-order valence-corrected chi connectivity index (χ1v) is 3.14. The van der Waals surface area contributed by atoms with Crippen LogP contribution in [0.1, 0.15) is 27.2 Å². The van der Waals surface area contributed by atoms with Crippen molar-refractivity contribution in [3.63, 3.8) is 0 Å². The van der Waals surface area contributed by atoms with Gasteiger partial charge in [0.15, 0.2) is 5.78 Å². The molecule has 0 heterocycles. The van der Waals surface area contributed by atoms with Gasteiger partial charge in [0.05, 0.1) is 0 Å². The fraction of sp³-hybridized carbons (Fsp3) is 0.857. The average molecular weight is 150 g/mol. The molecule has 0 saturated heterocycles. The molecule has 0 atom stereocenters. The van der Waals surface area contributed by atoms with Crippen LogP contribution < -0.4 is 0 Å². The van der Waals surface area contributed by atoms with Crippen molar-refractivity contribution in [2.75, 3.05) is 0 Å². The zero-order valence-corrected chi connectivity index (χ0v) is 6.45. The third kappa shape index (κ3) is 4.41. The summed E-state index contributed by atoms with van der Waals surface area (Å²) in [5, 5.41) is 0. The molecular weight excluding hydrogens is 138 g/mol. The first-order valence-electron chi connectivity index (χ1n) is 3.14. The van der Waals surface area contributed by atoms with E-state index in [4.69, 9.17) is 0 Å². The largest absolute Gasteiger partial charge is 0.296 e. The Labute approximate surface area is 59.4 Å². The Morgan fingerprint density at radius 1 is 1.40 bits per heavy atom. The predicted octanol–water partition coefficient (Wildman–Crippen LogP) is 2.26. The van der Waals surface area contributed by atoms with Gasteiger partial charge < -0.3 is 0 Å². The van der Waals surface area contributed by atoms with E-state index in [9.17, 15) is 13.6 Å². The Morgan fingerprint density at radius 3 is 1.90 bits per heavy atom. The molecule has 0 radical (unpaired) electrons. The second-order valence-corrected chi connectivity index (χ2v) is 3.50. The molecule has 0 aromatic carbocycles. The molecule has 0 amide bonds. The van der Waals surface area contributed by atoms with Crippen LogP contribution in [0.5, 0.6) is 0 Å². The minimum absolute atomic E-state index is 0.0509. The molecule has 0 N–H and O–H groups in total. The SMILES string of the molecule is CC(C)(C)CC(=O)C(F)F. The predicted molar refractivity (Wildman–Crippen MR) is 35.1 cm³/mol. The number of halogens is 2. The van der Waals surface area contributed by atoms with Crippen molar-refractivity contribution in [2.24, 2.45) is 5.41 Å². The molecule has 3 heteroatoms. The van der Waals surface area contributed by atoms with Gasteiger partial charge in [-0.05, 0) is 5.41 Å². The number of hydrogen-bond acceptors (Lipinski definition) is 1. The number of carbonyl (C=O) groups is 1. The number of Topliss-reactive ketones (excluding diaryl/α,β-unsaturated/α-hetero) is 1. The second kappa shape index (κ2) is 3.08. The fourth-order valence-electron chi connectivity index (χ4n) is 0.600. The highest BCUT2D eigenvalue weighted by Crippen LogP contribution is 2.20. The first-order chi connectivity index (χ1) is 4.33. The summed E-state index contributed by atoms with van der Waals surface area (Å²) in [5.74, 6) is -0.965. The Balaban J connectivity index is 3.81. The topological polar surface area (TPSA) is 17.1 Å². The summed E-state index contributed by atoms with van der Waals surface area (Å²) in [5.41, 5.74) is -0.326. The van der Waals surface area contributed by atoms with Crippen molar-refractivity contribution < 1.29 is 13.6 Å². The number of ketones is 1. The van der Waals surface area contributed by atoms with Gasteiger partial charge in [0.25, 0.3) is 6.43 Å². The monoisotopic (exact) mass is 150 g/mol. The maximum absolute atomic E-state index is 11.6. The molecule has 10 heavy (non-hydrogen) atoms. The van der Waals surface area contributed by atoms with E-state index in [1.165, 1.54) is 0 Å². The summed E-state index contributed by atoms with van der Waals surface area (Å²) >= 11 is 0. The lowest BCUT2D eigenvalue weighted by molar-refractivity contribution is -0.131. The lowest BCUT2D eigenvalue weighted by Gasteiger charge is -2.15. The van der Waals surface area contributed by atoms with E-state index in [0.717, 1.165) is 0 Å². The highest BCUT2D eigenvalue weighted by atomic mass is 19.3. The van der Waals surface area contributed by atoms with E-state index < -0.39 is 12.2 Å². The zero-order chi connectivity index (χ0) is 8.36. The maximum Gasteiger partial charge on any atom is 0.296 e. The molecule has 1 nitrogen and oxygen atoms in total. The number of carbonyl (C=O) groups excluding carboxylic acids is 1. The lowest BCUT2D eigenvalue weighted by Crippen LogP contribution is -2.18. The summed E-state index contributed by atoms with van der Waals surface area (Å²) < 4.78 is 23.2. The van der Waals surface area contributed by atoms with Gasteiger partial charge in [-0.2, -0.15) is 0 Å². The van der Waals surface area contributed by atoms with Gasteiger partial charge in [0, 0.05) is 6.42 Å². The van der Waals surface area contributed by atoms with E-state index in [-0.39, 0.29) is 11.8 Å². The summed E-state index contributed by atoms with van der Waals surface area (Å²) in [4.78, 5) is 10.4. The Morgan fingerprint density at radius 2 is 1.80 bits per heavy atom. The molecule has 0 aromatic heterocycles. The van der Waals surface area contributed by atoms with Gasteiger partial charge in [0.2, 0.25) is 0 Å². The average Bonchev–Trinajstić information content (AvgIpc) is 1.60. The minimum Gasteiger partial charge on any atom is -0.293 e. The lowest BCUT2D eigenvalue weighted by atomic mass is 9.90. The van der Waals surface area contributed by atoms with Crippen LogP contribution in [0.2, 0.25) is 0 Å². The third-order valence-corrected chi connectivity index (χ3v) is 0.948. The van der Waals surface area contributed by atoms with E-state index in [1.54, 1.807) is 20.8 Å². The van der Waals surface area contributed by atoms with Crippen LogP contribution in [0.15, 0.2) is 0 Å². The molecule has 0 aliphatic carbocycles. The van der Waals surface area contributed by atoms with Crippen molar-refractivity contribution in [2.45, 2.75) is 33.6 Å². The number of alkyl halides is 2. The summed E-state index contributed by atoms with van der Waals surface area (Å²) in [6, 6.07) is 0. The smallest absolute Gasteiger partial charge is 0.293 e. The van der Waals surface area contributed by atoms with Gasteiger partial charge in [-0.25, -0.2) is 8.78 Å². The van der Waals surface area contributed by atoms with E-state index >= 15 is 0 Å². The Hall–Kier alpha value is -0.470. The highest BCUT2D eigenvalue weighted by Gasteiger charge is 2.22. The van der Waals surface area contributed by atoms with Gasteiger partial charge >= 0.3 is 0 Å². The fourth-order valence-corrected chi connectivity index (χ4v) is 0.600. The van der Waals surface area contributed by atoms with Crippen molar-refractivity contribution in [1.82, 2.24) is 0 Å². The summed E-state index contributed by atoms with van der Waals surface area (Å²) in [7, 11) is 0. The molecule has 0 aliphatic rings. The number of rotatable bonds is 2. The quantitative estimate of drug-likeness (QED) is 0.590. The van der Waals surface area contributed by atoms with Gasteiger partial charge in [-0.3, -0.25) is 4.79 Å². The molecule has 0 aliphatic heterocycles. The molecule has 0 spiro atoms. The Kier molecular flexibility index (Phi) is 2.94. The van der Waals surface area contributed by atoms with Crippen molar-refractivity contribution in [1.29, 1.82) is 0 Å². The molecule has 0 unspecified atom stereocenters. The summed E-state index contributed by atoms with van der Waals surface area (Å²) in [6.07, 6.45) is -2.86. The van der Waals surface area contributed by atoms with Crippen LogP contribution in [0, 0.1) is 5.41 Å². The van der Waals surface area contributed by atoms with E-state index in [2.05, 4.69) is 0 Å². The molecule has 0 aromatic rings. The van der Waals surface area contributed by atoms with Gasteiger partial charge in [-0.1, -0.05) is 20.8 Å². The van der Waals surface area contributed by atoms with Gasteiger partial charge in [0.1, 0.15) is 0 Å². The van der Waals surface area contributed by atoms with Crippen LogP contribution >= 0.6 is 0 Å². The van der Waals surface area contributed by atoms with Crippen LogP contribution in [0.3, 0.4) is 0 Å². The third-order valence-electron chi connectivity index (χ3n) is 0.948. The van der Waals surface area contributed by atoms with Crippen molar-refractivity contribution >= 4 is 5.78 Å². The molecule has 0 bridgehead atoms. The minimum atomic E-state index is -2.81. The molecule has 60 valence electrons. The maximum atomic E-state index is 11.6. The molecule has 0 fully saturated rings. The molecular formula is C7H12F2O. The normalized spacial score (nSPS) is 12.2. The molecule has 0 saturated carbocycles. The van der Waals surface area contributed by atoms with Crippen molar-refractivity contribution in [3.8, 4) is 0 Å². The second-order valence-electron chi connectivity index (χ2n) is 3.50. The highest BCUT2D eigenvalue weighted by molar-refractivity contribution is 5.81. The standard InChI is InChI=1S/C7H12F2O/c1-7(2,3)4-5(10)6(8)9/h6H,4H2,1-3H3. The van der Waals surface area contributed by atoms with Crippen molar-refractivity contribution in [3.05, 3.63) is 0 Å².